The molecule has 0 saturated heterocycles. The first-order valence-corrected chi connectivity index (χ1v) is 5.93. The molecule has 0 aliphatic heterocycles. The van der Waals surface area contributed by atoms with E-state index in [1.807, 2.05) is 0 Å². The maximum Gasteiger partial charge on any atom is 0.358 e. The highest BCUT2D eigenvalue weighted by atomic mass is 16.5. The van der Waals surface area contributed by atoms with Crippen LogP contribution in [0.4, 0.5) is 0 Å². The van der Waals surface area contributed by atoms with Gasteiger partial charge in [0, 0.05) is 12.6 Å². The summed E-state index contributed by atoms with van der Waals surface area (Å²) in [4.78, 5) is 10.6. The number of carboxylic acid groups (broad SMARTS) is 1. The Labute approximate surface area is 100 Å². The number of aromatic carboxylic acids is 1. The van der Waals surface area contributed by atoms with E-state index in [1.165, 1.54) is 18.9 Å². The Hall–Kier alpha value is -1.36. The third-order valence-corrected chi connectivity index (χ3v) is 3.67. The van der Waals surface area contributed by atoms with Crippen molar-refractivity contribution in [3.63, 3.8) is 0 Å². The molecule has 94 valence electrons. The minimum atomic E-state index is -1.05. The molecule has 17 heavy (non-hydrogen) atoms. The van der Waals surface area contributed by atoms with Gasteiger partial charge in [-0.3, -0.25) is 0 Å². The van der Waals surface area contributed by atoms with Crippen molar-refractivity contribution in [2.45, 2.75) is 33.2 Å². The molecule has 1 aliphatic carbocycles. The fourth-order valence-corrected chi connectivity index (χ4v) is 2.05. The van der Waals surface area contributed by atoms with E-state index in [9.17, 15) is 4.79 Å². The predicted molar refractivity (Wildman–Crippen MR) is 61.7 cm³/mol. The maximum atomic E-state index is 10.6. The van der Waals surface area contributed by atoms with E-state index in [4.69, 9.17) is 9.63 Å². The zero-order chi connectivity index (χ0) is 12.5. The van der Waals surface area contributed by atoms with Gasteiger partial charge in [-0.05, 0) is 24.2 Å². The van der Waals surface area contributed by atoms with E-state index in [-0.39, 0.29) is 5.69 Å². The Kier molecular flexibility index (Phi) is 3.19. The molecule has 0 unspecified atom stereocenters. The molecule has 1 aromatic rings. The van der Waals surface area contributed by atoms with E-state index < -0.39 is 5.97 Å². The number of nitrogens with zero attached hydrogens (tertiary/aromatic N) is 1. The molecular weight excluding hydrogens is 220 g/mol. The van der Waals surface area contributed by atoms with Crippen molar-refractivity contribution in [3.8, 4) is 0 Å². The van der Waals surface area contributed by atoms with Crippen molar-refractivity contribution in [3.05, 3.63) is 17.5 Å². The average Bonchev–Trinajstić information content (AvgIpc) is 2.89. The lowest BCUT2D eigenvalue weighted by molar-refractivity contribution is 0.0685. The fourth-order valence-electron chi connectivity index (χ4n) is 2.05. The zero-order valence-corrected chi connectivity index (χ0v) is 10.2. The second kappa shape index (κ2) is 4.49. The average molecular weight is 238 g/mol. The molecule has 5 nitrogen and oxygen atoms in total. The monoisotopic (exact) mass is 238 g/mol. The van der Waals surface area contributed by atoms with Gasteiger partial charge in [0.25, 0.3) is 0 Å². The van der Waals surface area contributed by atoms with Crippen LogP contribution >= 0.6 is 0 Å². The zero-order valence-electron chi connectivity index (χ0n) is 10.2. The summed E-state index contributed by atoms with van der Waals surface area (Å²) in [6.07, 6.45) is 2.54. The molecule has 0 bridgehead atoms. The van der Waals surface area contributed by atoms with Crippen LogP contribution in [0.3, 0.4) is 0 Å². The van der Waals surface area contributed by atoms with E-state index in [0.717, 1.165) is 6.54 Å². The van der Waals surface area contributed by atoms with E-state index in [1.54, 1.807) is 0 Å². The molecule has 2 rings (SSSR count). The first-order chi connectivity index (χ1) is 8.03. The normalized spacial score (nSPS) is 17.4. The first-order valence-electron chi connectivity index (χ1n) is 5.93. The van der Waals surface area contributed by atoms with Gasteiger partial charge >= 0.3 is 5.97 Å². The summed E-state index contributed by atoms with van der Waals surface area (Å²) in [5.74, 6) is 0.196. The van der Waals surface area contributed by atoms with Crippen LogP contribution in [0.15, 0.2) is 10.6 Å². The van der Waals surface area contributed by atoms with Crippen LogP contribution in [-0.4, -0.2) is 22.8 Å². The lowest BCUT2D eigenvalue weighted by Gasteiger charge is -2.19. The Morgan fingerprint density at radius 2 is 2.35 bits per heavy atom. The summed E-state index contributed by atoms with van der Waals surface area (Å²) in [5, 5.41) is 15.5. The number of carboxylic acids is 1. The second-order valence-corrected chi connectivity index (χ2v) is 5.10. The number of rotatable bonds is 6. The molecule has 2 N–H and O–H groups in total. The SMILES string of the molecule is CC(C)C1(CNCc2cc(C(=O)O)no2)CC1. The number of carbonyl (C=O) groups is 1. The molecule has 1 heterocycles. The number of hydrogen-bond acceptors (Lipinski definition) is 4. The molecular formula is C12H18N2O3. The van der Waals surface area contributed by atoms with Crippen LogP contribution in [0, 0.1) is 11.3 Å². The Balaban J connectivity index is 1.80. The number of aromatic nitrogens is 1. The molecule has 1 aromatic heterocycles. The lowest BCUT2D eigenvalue weighted by Crippen LogP contribution is -2.27. The molecule has 1 saturated carbocycles. The van der Waals surface area contributed by atoms with Gasteiger partial charge in [0.1, 0.15) is 0 Å². The number of hydrogen-bond donors (Lipinski definition) is 2. The molecule has 0 aromatic carbocycles. The van der Waals surface area contributed by atoms with Gasteiger partial charge in [0.05, 0.1) is 6.54 Å². The minimum Gasteiger partial charge on any atom is -0.476 e. The van der Waals surface area contributed by atoms with Crippen molar-refractivity contribution < 1.29 is 14.4 Å². The first kappa shape index (κ1) is 12.1. The van der Waals surface area contributed by atoms with Crippen LogP contribution in [0.1, 0.15) is 42.9 Å². The molecule has 0 atom stereocenters. The lowest BCUT2D eigenvalue weighted by atomic mass is 9.92. The smallest absolute Gasteiger partial charge is 0.358 e. The van der Waals surface area contributed by atoms with Crippen LogP contribution in [0.2, 0.25) is 0 Å². The highest BCUT2D eigenvalue weighted by molar-refractivity contribution is 5.85. The predicted octanol–water partition coefficient (Wildman–Crippen LogP) is 1.90. The van der Waals surface area contributed by atoms with Gasteiger partial charge in [-0.15, -0.1) is 0 Å². The highest BCUT2D eigenvalue weighted by Gasteiger charge is 2.44. The summed E-state index contributed by atoms with van der Waals surface area (Å²) in [6.45, 7) is 5.97. The van der Waals surface area contributed by atoms with Crippen LogP contribution < -0.4 is 5.32 Å². The van der Waals surface area contributed by atoms with Crippen molar-refractivity contribution in [1.82, 2.24) is 10.5 Å². The summed E-state index contributed by atoms with van der Waals surface area (Å²) in [7, 11) is 0. The Morgan fingerprint density at radius 3 is 2.82 bits per heavy atom. The van der Waals surface area contributed by atoms with Gasteiger partial charge in [-0.1, -0.05) is 19.0 Å². The van der Waals surface area contributed by atoms with Crippen LogP contribution in [0.25, 0.3) is 0 Å². The van der Waals surface area contributed by atoms with E-state index in [2.05, 4.69) is 24.3 Å². The molecule has 0 radical (unpaired) electrons. The number of nitrogens with one attached hydrogen (secondary N) is 1. The van der Waals surface area contributed by atoms with Gasteiger partial charge in [-0.2, -0.15) is 0 Å². The largest absolute Gasteiger partial charge is 0.476 e. The topological polar surface area (TPSA) is 75.4 Å². The molecule has 5 heteroatoms. The molecule has 0 spiro atoms. The Morgan fingerprint density at radius 1 is 1.65 bits per heavy atom. The Bertz CT molecular complexity index is 408. The minimum absolute atomic E-state index is 0.0354. The van der Waals surface area contributed by atoms with Gasteiger partial charge < -0.3 is 14.9 Å². The highest BCUT2D eigenvalue weighted by Crippen LogP contribution is 2.51. The molecule has 1 aliphatic rings. The summed E-state index contributed by atoms with van der Waals surface area (Å²) < 4.78 is 4.93. The molecule has 0 amide bonds. The van der Waals surface area contributed by atoms with Crippen LogP contribution in [-0.2, 0) is 6.54 Å². The second-order valence-electron chi connectivity index (χ2n) is 5.10. The summed E-state index contributed by atoms with van der Waals surface area (Å²) in [6, 6.07) is 1.46. The summed E-state index contributed by atoms with van der Waals surface area (Å²) in [5.41, 5.74) is 0.405. The maximum absolute atomic E-state index is 10.6. The standard InChI is InChI=1S/C12H18N2O3/c1-8(2)12(3-4-12)7-13-6-9-5-10(11(15)16)14-17-9/h5,8,13H,3-4,6-7H2,1-2H3,(H,15,16). The fraction of sp³-hybridized carbons (Fsp3) is 0.667. The van der Waals surface area contributed by atoms with Gasteiger partial charge in [0.2, 0.25) is 0 Å². The quantitative estimate of drug-likeness (QED) is 0.791. The molecule has 1 fully saturated rings. The van der Waals surface area contributed by atoms with Crippen molar-refractivity contribution in [1.29, 1.82) is 0 Å². The van der Waals surface area contributed by atoms with Crippen molar-refractivity contribution >= 4 is 5.97 Å². The van der Waals surface area contributed by atoms with Gasteiger partial charge in [0.15, 0.2) is 11.5 Å². The third kappa shape index (κ3) is 2.66. The third-order valence-electron chi connectivity index (χ3n) is 3.67. The van der Waals surface area contributed by atoms with Gasteiger partial charge in [-0.25, -0.2) is 4.79 Å². The van der Waals surface area contributed by atoms with E-state index in [0.29, 0.717) is 23.6 Å². The summed E-state index contributed by atoms with van der Waals surface area (Å²) >= 11 is 0. The van der Waals surface area contributed by atoms with Crippen LogP contribution in [0.5, 0.6) is 0 Å². The van der Waals surface area contributed by atoms with E-state index >= 15 is 0 Å². The van der Waals surface area contributed by atoms with Crippen molar-refractivity contribution in [2.24, 2.45) is 11.3 Å². The van der Waals surface area contributed by atoms with Crippen molar-refractivity contribution in [2.75, 3.05) is 6.54 Å².